The molecule has 0 atom stereocenters. The van der Waals surface area contributed by atoms with Crippen molar-refractivity contribution in [2.45, 2.75) is 13.8 Å². The maximum atomic E-state index is 10.6. The molecule has 0 saturated carbocycles. The summed E-state index contributed by atoms with van der Waals surface area (Å²) in [7, 11) is 1.47. The SMILES string of the molecule is COC=Nc1ncc([N+](=O)[O-])c(C)c1C. The maximum absolute atomic E-state index is 10.6. The second-order valence-corrected chi connectivity index (χ2v) is 2.94. The Morgan fingerprint density at radius 1 is 1.53 bits per heavy atom. The van der Waals surface area contributed by atoms with Crippen LogP contribution in [0, 0.1) is 24.0 Å². The Kier molecular flexibility index (Phi) is 3.33. The minimum absolute atomic E-state index is 0.00358. The lowest BCUT2D eigenvalue weighted by Crippen LogP contribution is -1.96. The molecule has 0 saturated heterocycles. The van der Waals surface area contributed by atoms with Gasteiger partial charge in [0, 0.05) is 11.1 Å². The van der Waals surface area contributed by atoms with E-state index in [9.17, 15) is 10.1 Å². The van der Waals surface area contributed by atoms with E-state index in [4.69, 9.17) is 0 Å². The molecule has 0 unspecified atom stereocenters. The van der Waals surface area contributed by atoms with Crippen LogP contribution in [-0.2, 0) is 4.74 Å². The highest BCUT2D eigenvalue weighted by molar-refractivity contribution is 5.59. The van der Waals surface area contributed by atoms with Crippen molar-refractivity contribution >= 4 is 17.9 Å². The molecule has 6 heteroatoms. The van der Waals surface area contributed by atoms with Crippen LogP contribution < -0.4 is 0 Å². The highest BCUT2D eigenvalue weighted by Gasteiger charge is 2.15. The molecular weight excluding hydrogens is 198 g/mol. The van der Waals surface area contributed by atoms with Crippen LogP contribution in [0.1, 0.15) is 11.1 Å². The Bertz CT molecular complexity index is 415. The van der Waals surface area contributed by atoms with Crippen molar-refractivity contribution in [1.82, 2.24) is 4.98 Å². The molecule has 80 valence electrons. The smallest absolute Gasteiger partial charge is 0.290 e. The lowest BCUT2D eigenvalue weighted by Gasteiger charge is -2.03. The molecule has 0 amide bonds. The third-order valence-corrected chi connectivity index (χ3v) is 2.07. The topological polar surface area (TPSA) is 77.6 Å². The van der Waals surface area contributed by atoms with E-state index in [1.165, 1.54) is 19.7 Å². The first kappa shape index (κ1) is 11.1. The van der Waals surface area contributed by atoms with Crippen LogP contribution in [0.3, 0.4) is 0 Å². The normalized spacial score (nSPS) is 10.6. The number of aromatic nitrogens is 1. The lowest BCUT2D eigenvalue weighted by molar-refractivity contribution is -0.385. The average molecular weight is 209 g/mol. The number of hydrogen-bond donors (Lipinski definition) is 0. The quantitative estimate of drug-likeness (QED) is 0.329. The molecule has 0 spiro atoms. The monoisotopic (exact) mass is 209 g/mol. The molecule has 1 rings (SSSR count). The van der Waals surface area contributed by atoms with Gasteiger partial charge in [-0.3, -0.25) is 10.1 Å². The first-order valence-corrected chi connectivity index (χ1v) is 4.23. The standard InChI is InChI=1S/C9H11N3O3/c1-6-7(2)9(11-5-15-3)10-4-8(6)12(13)14/h4-5H,1-3H3. The van der Waals surface area contributed by atoms with E-state index in [1.54, 1.807) is 13.8 Å². The molecule has 0 fully saturated rings. The van der Waals surface area contributed by atoms with E-state index in [0.717, 1.165) is 0 Å². The van der Waals surface area contributed by atoms with Gasteiger partial charge in [-0.1, -0.05) is 0 Å². The lowest BCUT2D eigenvalue weighted by atomic mass is 10.1. The molecule has 6 nitrogen and oxygen atoms in total. The average Bonchev–Trinajstić information content (AvgIpc) is 2.20. The molecule has 15 heavy (non-hydrogen) atoms. The van der Waals surface area contributed by atoms with Crippen molar-refractivity contribution in [3.8, 4) is 0 Å². The van der Waals surface area contributed by atoms with Crippen molar-refractivity contribution < 1.29 is 9.66 Å². The van der Waals surface area contributed by atoms with Crippen LogP contribution in [0.4, 0.5) is 11.5 Å². The number of methoxy groups -OCH3 is 1. The predicted molar refractivity (Wildman–Crippen MR) is 55.5 cm³/mol. The van der Waals surface area contributed by atoms with Gasteiger partial charge in [-0.2, -0.15) is 0 Å². The number of aliphatic imine (C=N–C) groups is 1. The van der Waals surface area contributed by atoms with Gasteiger partial charge < -0.3 is 4.74 Å². The summed E-state index contributed by atoms with van der Waals surface area (Å²) in [6, 6.07) is 0. The minimum atomic E-state index is -0.459. The fourth-order valence-electron chi connectivity index (χ4n) is 1.09. The molecule has 0 N–H and O–H groups in total. The van der Waals surface area contributed by atoms with Gasteiger partial charge in [0.15, 0.2) is 12.2 Å². The molecule has 0 aliphatic rings. The third kappa shape index (κ3) is 2.28. The highest BCUT2D eigenvalue weighted by Crippen LogP contribution is 2.25. The Labute approximate surface area is 86.8 Å². The van der Waals surface area contributed by atoms with E-state index in [-0.39, 0.29) is 5.69 Å². The second-order valence-electron chi connectivity index (χ2n) is 2.94. The number of hydrogen-bond acceptors (Lipinski definition) is 5. The van der Waals surface area contributed by atoms with Gasteiger partial charge in [0.2, 0.25) is 0 Å². The summed E-state index contributed by atoms with van der Waals surface area (Å²) in [6.07, 6.45) is 2.44. The van der Waals surface area contributed by atoms with Crippen LogP contribution in [0.25, 0.3) is 0 Å². The molecule has 0 aromatic carbocycles. The number of pyridine rings is 1. The number of rotatable bonds is 3. The zero-order valence-electron chi connectivity index (χ0n) is 8.72. The van der Waals surface area contributed by atoms with Crippen molar-refractivity contribution in [2.24, 2.45) is 4.99 Å². The Morgan fingerprint density at radius 2 is 2.20 bits per heavy atom. The van der Waals surface area contributed by atoms with E-state index in [2.05, 4.69) is 14.7 Å². The summed E-state index contributed by atoms with van der Waals surface area (Å²) < 4.78 is 4.65. The summed E-state index contributed by atoms with van der Waals surface area (Å²) in [4.78, 5) is 17.9. The summed E-state index contributed by atoms with van der Waals surface area (Å²) in [5.74, 6) is 0.431. The maximum Gasteiger partial charge on any atom is 0.290 e. The summed E-state index contributed by atoms with van der Waals surface area (Å²) in [6.45, 7) is 3.40. The zero-order chi connectivity index (χ0) is 11.4. The van der Waals surface area contributed by atoms with Crippen molar-refractivity contribution in [2.75, 3.05) is 7.11 Å². The first-order valence-electron chi connectivity index (χ1n) is 4.23. The number of nitro groups is 1. The van der Waals surface area contributed by atoms with Gasteiger partial charge >= 0.3 is 0 Å². The van der Waals surface area contributed by atoms with Gasteiger partial charge in [-0.25, -0.2) is 9.98 Å². The van der Waals surface area contributed by atoms with Crippen LogP contribution in [0.2, 0.25) is 0 Å². The second kappa shape index (κ2) is 4.50. The van der Waals surface area contributed by atoms with Crippen molar-refractivity contribution in [3.05, 3.63) is 27.4 Å². The number of nitrogens with zero attached hydrogens (tertiary/aromatic N) is 3. The molecule has 0 radical (unpaired) electrons. The van der Waals surface area contributed by atoms with Gasteiger partial charge in [-0.15, -0.1) is 0 Å². The third-order valence-electron chi connectivity index (χ3n) is 2.07. The van der Waals surface area contributed by atoms with E-state index in [1.807, 2.05) is 0 Å². The van der Waals surface area contributed by atoms with Crippen molar-refractivity contribution in [3.63, 3.8) is 0 Å². The molecule has 1 aromatic rings. The van der Waals surface area contributed by atoms with Crippen LogP contribution >= 0.6 is 0 Å². The van der Waals surface area contributed by atoms with Crippen LogP contribution in [-0.4, -0.2) is 23.4 Å². The first-order chi connectivity index (χ1) is 7.07. The fourth-order valence-corrected chi connectivity index (χ4v) is 1.09. The molecule has 0 aliphatic heterocycles. The van der Waals surface area contributed by atoms with E-state index >= 15 is 0 Å². The predicted octanol–water partition coefficient (Wildman–Crippen LogP) is 1.91. The molecule has 1 heterocycles. The summed E-state index contributed by atoms with van der Waals surface area (Å²) in [5.41, 5.74) is 1.25. The Balaban J connectivity index is 3.21. The van der Waals surface area contributed by atoms with Gasteiger partial charge in [0.05, 0.1) is 12.0 Å². The summed E-state index contributed by atoms with van der Waals surface area (Å²) in [5, 5.41) is 10.6. The van der Waals surface area contributed by atoms with Gasteiger partial charge in [0.25, 0.3) is 5.69 Å². The van der Waals surface area contributed by atoms with Crippen molar-refractivity contribution in [1.29, 1.82) is 0 Å². The highest BCUT2D eigenvalue weighted by atomic mass is 16.6. The van der Waals surface area contributed by atoms with E-state index < -0.39 is 4.92 Å². The number of ether oxygens (including phenoxy) is 1. The van der Waals surface area contributed by atoms with Gasteiger partial charge in [-0.05, 0) is 13.8 Å². The van der Waals surface area contributed by atoms with Gasteiger partial charge in [0.1, 0.15) is 6.20 Å². The molecule has 0 aliphatic carbocycles. The molecule has 1 aromatic heterocycles. The summed E-state index contributed by atoms with van der Waals surface area (Å²) >= 11 is 0. The fraction of sp³-hybridized carbons (Fsp3) is 0.333. The molecule has 0 bridgehead atoms. The Morgan fingerprint density at radius 3 is 2.73 bits per heavy atom. The van der Waals surface area contributed by atoms with E-state index in [0.29, 0.717) is 16.9 Å². The minimum Gasteiger partial charge on any atom is -0.486 e. The molecular formula is C9H11N3O3. The zero-order valence-corrected chi connectivity index (χ0v) is 8.72. The largest absolute Gasteiger partial charge is 0.486 e. The van der Waals surface area contributed by atoms with Crippen LogP contribution in [0.5, 0.6) is 0 Å². The van der Waals surface area contributed by atoms with Crippen LogP contribution in [0.15, 0.2) is 11.2 Å². The Hall–Kier alpha value is -1.98.